The largest absolute Gasteiger partial charge is 0.333 e. The Morgan fingerprint density at radius 3 is 2.96 bits per heavy atom. The van der Waals surface area contributed by atoms with Crippen molar-refractivity contribution in [3.8, 4) is 0 Å². The number of carbonyl (C=O) groups is 2. The van der Waals surface area contributed by atoms with Gasteiger partial charge < -0.3 is 10.3 Å². The van der Waals surface area contributed by atoms with E-state index in [1.807, 2.05) is 24.3 Å². The topological polar surface area (TPSA) is 74.8 Å². The van der Waals surface area contributed by atoms with Crippen molar-refractivity contribution in [3.05, 3.63) is 52.5 Å². The molecule has 7 heteroatoms. The standard InChI is InChI=1S/C17H12ClN3O2S/c18-11-7-14-9(6-16(23)19-14)5-10(11)15(22)8-24-17-20-12-3-1-2-4-13(12)21-17/h1-5,7H,6,8H2,(H,19,23)(H,20,21). The lowest BCUT2D eigenvalue weighted by atomic mass is 10.1. The third-order valence-electron chi connectivity index (χ3n) is 3.83. The molecule has 4 rings (SSSR count). The lowest BCUT2D eigenvalue weighted by molar-refractivity contribution is -0.115. The lowest BCUT2D eigenvalue weighted by Crippen LogP contribution is -2.04. The van der Waals surface area contributed by atoms with Gasteiger partial charge in [-0.05, 0) is 29.8 Å². The van der Waals surface area contributed by atoms with Crippen molar-refractivity contribution < 1.29 is 9.59 Å². The Balaban J connectivity index is 1.52. The van der Waals surface area contributed by atoms with Gasteiger partial charge in [0.05, 0.1) is 28.2 Å². The molecule has 2 aromatic carbocycles. The molecule has 2 heterocycles. The highest BCUT2D eigenvalue weighted by Gasteiger charge is 2.22. The molecule has 0 spiro atoms. The first kappa shape index (κ1) is 15.2. The fourth-order valence-electron chi connectivity index (χ4n) is 2.67. The molecule has 0 saturated heterocycles. The average Bonchev–Trinajstić information content (AvgIpc) is 3.13. The van der Waals surface area contributed by atoms with Crippen LogP contribution in [-0.2, 0) is 11.2 Å². The molecule has 120 valence electrons. The van der Waals surface area contributed by atoms with Crippen LogP contribution in [0.5, 0.6) is 0 Å². The van der Waals surface area contributed by atoms with E-state index in [-0.39, 0.29) is 23.9 Å². The summed E-state index contributed by atoms with van der Waals surface area (Å²) in [7, 11) is 0. The highest BCUT2D eigenvalue weighted by atomic mass is 35.5. The van der Waals surface area contributed by atoms with E-state index in [4.69, 9.17) is 11.6 Å². The maximum atomic E-state index is 12.5. The van der Waals surface area contributed by atoms with Gasteiger partial charge in [-0.25, -0.2) is 4.98 Å². The summed E-state index contributed by atoms with van der Waals surface area (Å²) < 4.78 is 0. The number of aromatic amines is 1. The van der Waals surface area contributed by atoms with Crippen LogP contribution in [-0.4, -0.2) is 27.4 Å². The quantitative estimate of drug-likeness (QED) is 0.551. The molecule has 0 saturated carbocycles. The van der Waals surface area contributed by atoms with Gasteiger partial charge >= 0.3 is 0 Å². The molecule has 0 unspecified atom stereocenters. The fraction of sp³-hybridized carbons (Fsp3) is 0.118. The highest BCUT2D eigenvalue weighted by molar-refractivity contribution is 7.99. The van der Waals surface area contributed by atoms with Gasteiger partial charge in [-0.2, -0.15) is 0 Å². The number of anilines is 1. The van der Waals surface area contributed by atoms with Crippen LogP contribution in [0.2, 0.25) is 5.02 Å². The summed E-state index contributed by atoms with van der Waals surface area (Å²) in [6.07, 6.45) is 0.281. The van der Waals surface area contributed by atoms with Crippen molar-refractivity contribution in [1.29, 1.82) is 0 Å². The van der Waals surface area contributed by atoms with Crippen molar-refractivity contribution >= 4 is 51.8 Å². The van der Waals surface area contributed by atoms with Gasteiger partial charge in [-0.15, -0.1) is 0 Å². The van der Waals surface area contributed by atoms with E-state index in [2.05, 4.69) is 15.3 Å². The summed E-state index contributed by atoms with van der Waals surface area (Å²) >= 11 is 7.53. The summed E-state index contributed by atoms with van der Waals surface area (Å²) in [5, 5.41) is 3.77. The van der Waals surface area contributed by atoms with E-state index < -0.39 is 0 Å². The second-order valence-electron chi connectivity index (χ2n) is 5.49. The third kappa shape index (κ3) is 2.79. The van der Waals surface area contributed by atoms with Crippen LogP contribution in [0.25, 0.3) is 11.0 Å². The number of hydrogen-bond acceptors (Lipinski definition) is 4. The SMILES string of the molecule is O=C1Cc2cc(C(=O)CSc3nc4ccccc4[nH]3)c(Cl)cc2N1. The Morgan fingerprint density at radius 2 is 2.12 bits per heavy atom. The molecule has 0 aliphatic carbocycles. The summed E-state index contributed by atoms with van der Waals surface area (Å²) in [6, 6.07) is 11.1. The van der Waals surface area contributed by atoms with E-state index >= 15 is 0 Å². The Hall–Kier alpha value is -2.31. The number of fused-ring (bicyclic) bond motifs is 2. The number of thioether (sulfide) groups is 1. The number of aromatic nitrogens is 2. The Morgan fingerprint density at radius 1 is 1.29 bits per heavy atom. The zero-order valence-electron chi connectivity index (χ0n) is 12.4. The van der Waals surface area contributed by atoms with Gasteiger partial charge in [-0.1, -0.05) is 35.5 Å². The molecule has 0 bridgehead atoms. The molecule has 1 aliphatic rings. The molecular weight excluding hydrogens is 346 g/mol. The molecule has 2 N–H and O–H groups in total. The number of imidazole rings is 1. The highest BCUT2D eigenvalue weighted by Crippen LogP contribution is 2.31. The minimum atomic E-state index is -0.0902. The van der Waals surface area contributed by atoms with Gasteiger partial charge in [0.15, 0.2) is 10.9 Å². The van der Waals surface area contributed by atoms with E-state index in [1.165, 1.54) is 11.8 Å². The molecule has 5 nitrogen and oxygen atoms in total. The first-order valence-electron chi connectivity index (χ1n) is 7.33. The molecule has 1 amide bonds. The fourth-order valence-corrected chi connectivity index (χ4v) is 3.71. The number of hydrogen-bond donors (Lipinski definition) is 2. The van der Waals surface area contributed by atoms with Crippen molar-refractivity contribution in [3.63, 3.8) is 0 Å². The number of H-pyrrole nitrogens is 1. The number of benzene rings is 2. The van der Waals surface area contributed by atoms with E-state index in [0.717, 1.165) is 16.6 Å². The third-order valence-corrected chi connectivity index (χ3v) is 5.01. The first-order valence-corrected chi connectivity index (χ1v) is 8.69. The van der Waals surface area contributed by atoms with Crippen LogP contribution in [0.15, 0.2) is 41.6 Å². The van der Waals surface area contributed by atoms with Crippen LogP contribution in [0.4, 0.5) is 5.69 Å². The molecule has 0 atom stereocenters. The minimum Gasteiger partial charge on any atom is -0.333 e. The lowest BCUT2D eigenvalue weighted by Gasteiger charge is -2.06. The smallest absolute Gasteiger partial charge is 0.228 e. The maximum Gasteiger partial charge on any atom is 0.228 e. The van der Waals surface area contributed by atoms with Crippen molar-refractivity contribution in [1.82, 2.24) is 9.97 Å². The van der Waals surface area contributed by atoms with Gasteiger partial charge in [0.25, 0.3) is 0 Å². The molecule has 24 heavy (non-hydrogen) atoms. The van der Waals surface area contributed by atoms with E-state index in [0.29, 0.717) is 21.4 Å². The number of nitrogens with one attached hydrogen (secondary N) is 2. The first-order chi connectivity index (χ1) is 11.6. The molecule has 1 aliphatic heterocycles. The summed E-state index contributed by atoms with van der Waals surface area (Å²) in [5.74, 6) is 0.0506. The molecule has 3 aromatic rings. The number of rotatable bonds is 4. The Kier molecular flexibility index (Phi) is 3.78. The van der Waals surface area contributed by atoms with Gasteiger partial charge in [0.1, 0.15) is 0 Å². The van der Waals surface area contributed by atoms with Crippen molar-refractivity contribution in [2.24, 2.45) is 0 Å². The van der Waals surface area contributed by atoms with E-state index in [9.17, 15) is 9.59 Å². The normalized spacial score (nSPS) is 13.1. The van der Waals surface area contributed by atoms with E-state index in [1.54, 1.807) is 12.1 Å². The van der Waals surface area contributed by atoms with Gasteiger partial charge in [0.2, 0.25) is 5.91 Å². The minimum absolute atomic E-state index is 0.0812. The number of carbonyl (C=O) groups excluding carboxylic acids is 2. The zero-order valence-corrected chi connectivity index (χ0v) is 14.0. The van der Waals surface area contributed by atoms with Gasteiger partial charge in [0, 0.05) is 11.3 Å². The molecule has 1 aromatic heterocycles. The second-order valence-corrected chi connectivity index (χ2v) is 6.86. The summed E-state index contributed by atoms with van der Waals surface area (Å²) in [4.78, 5) is 31.5. The Labute approximate surface area is 146 Å². The average molecular weight is 358 g/mol. The van der Waals surface area contributed by atoms with Crippen LogP contribution >= 0.6 is 23.4 Å². The van der Waals surface area contributed by atoms with Crippen LogP contribution in [0.1, 0.15) is 15.9 Å². The van der Waals surface area contributed by atoms with Crippen LogP contribution in [0, 0.1) is 0 Å². The zero-order chi connectivity index (χ0) is 16.7. The van der Waals surface area contributed by atoms with Crippen LogP contribution < -0.4 is 5.32 Å². The molecular formula is C17H12ClN3O2S. The maximum absolute atomic E-state index is 12.5. The number of halogens is 1. The number of Topliss-reactive ketones (excluding diaryl/α,β-unsaturated/α-hetero) is 1. The number of amides is 1. The monoisotopic (exact) mass is 357 g/mol. The van der Waals surface area contributed by atoms with Crippen LogP contribution in [0.3, 0.4) is 0 Å². The van der Waals surface area contributed by atoms with Crippen molar-refractivity contribution in [2.75, 3.05) is 11.1 Å². The van der Waals surface area contributed by atoms with Gasteiger partial charge in [-0.3, -0.25) is 9.59 Å². The second kappa shape index (κ2) is 5.96. The van der Waals surface area contributed by atoms with Crippen molar-refractivity contribution in [2.45, 2.75) is 11.6 Å². The Bertz CT molecular complexity index is 950. The summed E-state index contributed by atoms with van der Waals surface area (Å²) in [6.45, 7) is 0. The molecule has 0 fully saturated rings. The predicted molar refractivity (Wildman–Crippen MR) is 94.9 cm³/mol. The number of ketones is 1. The number of para-hydroxylation sites is 2. The number of nitrogens with zero attached hydrogens (tertiary/aromatic N) is 1. The summed E-state index contributed by atoms with van der Waals surface area (Å²) in [5.41, 5.74) is 3.74. The predicted octanol–water partition coefficient (Wildman–Crippen LogP) is 3.69. The molecule has 0 radical (unpaired) electrons.